The summed E-state index contributed by atoms with van der Waals surface area (Å²) in [5, 5.41) is 2.07. The third-order valence-electron chi connectivity index (χ3n) is 17.4. The van der Waals surface area contributed by atoms with E-state index >= 15 is 0 Å². The molecule has 5 nitrogen and oxygen atoms in total. The van der Waals surface area contributed by atoms with E-state index in [4.69, 9.17) is 9.72 Å². The molecule has 6 heteroatoms. The molecule has 0 atom stereocenters. The Morgan fingerprint density at radius 3 is 1.85 bits per heavy atom. The molecule has 0 unspecified atom stereocenters. The molecule has 1 aliphatic heterocycles. The van der Waals surface area contributed by atoms with Crippen molar-refractivity contribution in [2.75, 3.05) is 9.80 Å². The summed E-state index contributed by atoms with van der Waals surface area (Å²) in [6.45, 7) is 36.0. The van der Waals surface area contributed by atoms with E-state index in [0.29, 0.717) is 22.9 Å². The normalized spacial score (nSPS) is 15.4. The van der Waals surface area contributed by atoms with Gasteiger partial charge in [-0.2, -0.15) is 12.1 Å². The fourth-order valence-electron chi connectivity index (χ4n) is 12.4. The standard InChI is InChI=1S/C78H81N4O.Pt/c1-50(2)39-53-43-72(79-48-65(53)52-31-35-66-67(42-52)78(14,15)38-37-77(66,12)13)82-68-36-32-55(74(3,4)5)45-64(68)63-34-33-60(47-71(63)82)83-59-26-21-25-58(46-59)80-49-81(70-30-20-19-29-69(70)80)73-61(51-23-17-16-18-24-51)27-22-28-62(73)54-40-56(75(6,7)8)44-57(41-54)76(9,10)11;/h16-36,40-45,48-50H,37-39H2,1-15H3;/q-3;/i39D2;. The smallest absolute Gasteiger partial charge is 0.135 e. The zero-order valence-corrected chi connectivity index (χ0v) is 54.0. The van der Waals surface area contributed by atoms with Gasteiger partial charge in [-0.05, 0) is 132 Å². The molecule has 2 aliphatic rings. The Morgan fingerprint density at radius 1 is 0.560 bits per heavy atom. The van der Waals surface area contributed by atoms with Gasteiger partial charge in [-0.1, -0.05) is 219 Å². The first-order valence-corrected chi connectivity index (χ1v) is 29.8. The second kappa shape index (κ2) is 21.7. The Morgan fingerprint density at radius 2 is 1.18 bits per heavy atom. The zero-order chi connectivity index (χ0) is 60.3. The molecular formula is C78H81N4OPt-3. The maximum Gasteiger partial charge on any atom is 0.135 e. The van der Waals surface area contributed by atoms with Gasteiger partial charge in [0.1, 0.15) is 5.82 Å². The number of hydrogen-bond donors (Lipinski definition) is 0. The summed E-state index contributed by atoms with van der Waals surface area (Å²) >= 11 is 0. The number of hydrogen-bond acceptors (Lipinski definition) is 4. The molecular weight excluding hydrogens is 1200 g/mol. The van der Waals surface area contributed by atoms with Crippen LogP contribution in [-0.2, 0) is 54.5 Å². The van der Waals surface area contributed by atoms with Crippen molar-refractivity contribution in [1.82, 2.24) is 9.55 Å². The van der Waals surface area contributed by atoms with E-state index in [1.807, 2.05) is 44.3 Å². The Hall–Kier alpha value is -7.20. The van der Waals surface area contributed by atoms with Crippen molar-refractivity contribution >= 4 is 44.6 Å². The van der Waals surface area contributed by atoms with Crippen LogP contribution < -0.4 is 14.5 Å². The molecule has 0 spiro atoms. The second-order valence-corrected chi connectivity index (χ2v) is 28.0. The van der Waals surface area contributed by atoms with Crippen LogP contribution in [0.4, 0.5) is 22.7 Å². The fraction of sp³-hybridized carbons (Fsp3) is 0.308. The van der Waals surface area contributed by atoms with Crippen LogP contribution in [0.15, 0.2) is 170 Å². The van der Waals surface area contributed by atoms with E-state index < -0.39 is 6.37 Å². The van der Waals surface area contributed by atoms with E-state index in [-0.39, 0.29) is 54.1 Å². The van der Waals surface area contributed by atoms with Crippen LogP contribution >= 0.6 is 0 Å². The minimum atomic E-state index is -1.68. The third-order valence-corrected chi connectivity index (χ3v) is 17.4. The number of benzene rings is 8. The van der Waals surface area contributed by atoms with Gasteiger partial charge in [0.25, 0.3) is 0 Å². The van der Waals surface area contributed by atoms with Crippen molar-refractivity contribution in [3.05, 3.63) is 222 Å². The van der Waals surface area contributed by atoms with E-state index in [2.05, 4.69) is 263 Å². The number of para-hydroxylation sites is 3. The molecule has 3 heterocycles. The number of pyridine rings is 1. The average molecular weight is 1290 g/mol. The molecule has 84 heavy (non-hydrogen) atoms. The average Bonchev–Trinajstić information content (AvgIpc) is 2.06. The summed E-state index contributed by atoms with van der Waals surface area (Å²) in [5.74, 6) is 1.38. The van der Waals surface area contributed by atoms with Crippen LogP contribution in [0.5, 0.6) is 11.5 Å². The number of aromatic nitrogens is 2. The zero-order valence-electron chi connectivity index (χ0n) is 53.7. The first kappa shape index (κ1) is 56.0. The summed E-state index contributed by atoms with van der Waals surface area (Å²) < 4.78 is 28.5. The van der Waals surface area contributed by atoms with Gasteiger partial charge in [-0.15, -0.1) is 48.1 Å². The van der Waals surface area contributed by atoms with Crippen molar-refractivity contribution in [3.8, 4) is 50.7 Å². The van der Waals surface area contributed by atoms with Crippen LogP contribution in [0.1, 0.15) is 153 Å². The summed E-state index contributed by atoms with van der Waals surface area (Å²) in [6.07, 6.45) is 2.44. The molecule has 0 fully saturated rings. The van der Waals surface area contributed by atoms with Crippen LogP contribution in [0.2, 0.25) is 0 Å². The number of ether oxygens (including phenoxy) is 1. The van der Waals surface area contributed by atoms with Gasteiger partial charge < -0.3 is 19.1 Å². The van der Waals surface area contributed by atoms with Crippen LogP contribution in [0.3, 0.4) is 0 Å². The summed E-state index contributed by atoms with van der Waals surface area (Å²) in [7, 11) is 0. The van der Waals surface area contributed by atoms with E-state index in [9.17, 15) is 2.74 Å². The van der Waals surface area contributed by atoms with E-state index in [0.717, 1.165) is 85.2 Å². The SMILES string of the molecule is [2H]C([2H])(c1cc(-n2c3[c-]c(Oc4[c-]c(N5[CH-]N(c6c(-c7ccccc7)cccc6-c6cc(C(C)(C)C)cc(C(C)(C)C)c6)c6ccccc65)ccc4)ccc3c3cc(C(C)(C)C)ccc32)ncc1-c1ccc2c(c1)C(C)(C)CCC2(C)C)C(C)C.[Pt]. The molecule has 0 bridgehead atoms. The minimum Gasteiger partial charge on any atom is -0.509 e. The fourth-order valence-corrected chi connectivity index (χ4v) is 12.4. The minimum absolute atomic E-state index is 0. The van der Waals surface area contributed by atoms with Crippen LogP contribution in [0, 0.1) is 24.7 Å². The predicted octanol–water partition coefficient (Wildman–Crippen LogP) is 21.4. The second-order valence-electron chi connectivity index (χ2n) is 28.0. The summed E-state index contributed by atoms with van der Waals surface area (Å²) in [6, 6.07) is 66.2. The van der Waals surface area contributed by atoms with Gasteiger partial charge in [0.05, 0.1) is 0 Å². The van der Waals surface area contributed by atoms with Gasteiger partial charge in [-0.25, -0.2) is 4.98 Å². The molecule has 0 saturated heterocycles. The molecule has 432 valence electrons. The van der Waals surface area contributed by atoms with E-state index in [1.165, 1.54) is 33.4 Å². The quantitative estimate of drug-likeness (QED) is 0.128. The molecule has 0 N–H and O–H groups in total. The number of fused-ring (bicyclic) bond motifs is 5. The number of nitrogens with zero attached hydrogens (tertiary/aromatic N) is 4. The first-order valence-electron chi connectivity index (χ1n) is 30.8. The predicted molar refractivity (Wildman–Crippen MR) is 350 cm³/mol. The molecule has 2 aromatic heterocycles. The van der Waals surface area contributed by atoms with Crippen molar-refractivity contribution in [3.63, 3.8) is 0 Å². The van der Waals surface area contributed by atoms with Crippen molar-refractivity contribution < 1.29 is 28.5 Å². The summed E-state index contributed by atoms with van der Waals surface area (Å²) in [5.41, 5.74) is 19.1. The van der Waals surface area contributed by atoms with E-state index in [1.54, 1.807) is 0 Å². The maximum absolute atomic E-state index is 9.75. The Kier molecular flexibility index (Phi) is 14.5. The number of rotatable bonds is 10. The molecule has 12 rings (SSSR count). The van der Waals surface area contributed by atoms with Gasteiger partial charge in [0.15, 0.2) is 0 Å². The van der Waals surface area contributed by atoms with Crippen molar-refractivity contribution in [2.45, 2.75) is 150 Å². The Balaban J connectivity index is 0.00000768. The first-order chi connectivity index (χ1) is 40.1. The van der Waals surface area contributed by atoms with Gasteiger partial charge >= 0.3 is 0 Å². The largest absolute Gasteiger partial charge is 0.509 e. The molecule has 10 aromatic rings. The topological polar surface area (TPSA) is 33.5 Å². The monoisotopic (exact) mass is 1290 g/mol. The van der Waals surface area contributed by atoms with Crippen LogP contribution in [0.25, 0.3) is 61.0 Å². The van der Waals surface area contributed by atoms with Crippen molar-refractivity contribution in [2.24, 2.45) is 5.92 Å². The van der Waals surface area contributed by atoms with Gasteiger partial charge in [0, 0.05) is 80.8 Å². The molecule has 8 aromatic carbocycles. The molecule has 0 saturated carbocycles. The van der Waals surface area contributed by atoms with Gasteiger partial charge in [-0.3, -0.25) is 0 Å². The Bertz CT molecular complexity index is 4190. The molecule has 1 aliphatic carbocycles. The number of anilines is 4. The summed E-state index contributed by atoms with van der Waals surface area (Å²) in [4.78, 5) is 9.85. The van der Waals surface area contributed by atoms with Crippen LogP contribution in [-0.4, -0.2) is 9.55 Å². The van der Waals surface area contributed by atoms with Crippen molar-refractivity contribution in [1.29, 1.82) is 0 Å². The maximum atomic E-state index is 9.75. The molecule has 0 amide bonds. The third kappa shape index (κ3) is 11.0. The molecule has 0 radical (unpaired) electrons. The van der Waals surface area contributed by atoms with Gasteiger partial charge in [0.2, 0.25) is 0 Å². The Labute approximate surface area is 518 Å².